The first-order valence-corrected chi connectivity index (χ1v) is 21.0. The number of carboxylic acid groups (broad SMARTS) is 1. The second-order valence-electron chi connectivity index (χ2n) is 20.3. The van der Waals surface area contributed by atoms with Crippen LogP contribution in [0.15, 0.2) is 11.6 Å². The molecule has 0 spiro atoms. The van der Waals surface area contributed by atoms with Gasteiger partial charge in [-0.25, -0.2) is 0 Å². The summed E-state index contributed by atoms with van der Waals surface area (Å²) in [7, 11) is 0. The summed E-state index contributed by atoms with van der Waals surface area (Å²) in [5.41, 5.74) is -1.81. The number of aliphatic carboxylic acids is 1. The van der Waals surface area contributed by atoms with E-state index in [0.717, 1.165) is 44.1 Å². The van der Waals surface area contributed by atoms with E-state index in [1.807, 2.05) is 6.92 Å². The zero-order valence-corrected chi connectivity index (χ0v) is 33.9. The summed E-state index contributed by atoms with van der Waals surface area (Å²) >= 11 is 0. The van der Waals surface area contributed by atoms with E-state index in [0.29, 0.717) is 25.7 Å². The number of carbonyl (C=O) groups is 1. The molecule has 0 aromatic heterocycles. The van der Waals surface area contributed by atoms with E-state index < -0.39 is 96.3 Å². The van der Waals surface area contributed by atoms with Gasteiger partial charge in [-0.3, -0.25) is 4.79 Å². The number of hydrogen-bond donors (Lipinski definition) is 9. The lowest BCUT2D eigenvalue weighted by atomic mass is 9.32. The Bertz CT molecular complexity index is 1510. The normalized spacial score (nSPS) is 55.9. The second-order valence-corrected chi connectivity index (χ2v) is 20.3. The molecule has 14 nitrogen and oxygen atoms in total. The van der Waals surface area contributed by atoms with Gasteiger partial charge in [0.15, 0.2) is 12.6 Å². The monoisotopic (exact) mass is 796 g/mol. The van der Waals surface area contributed by atoms with Crippen LogP contribution in [-0.2, 0) is 23.7 Å². The summed E-state index contributed by atoms with van der Waals surface area (Å²) in [6, 6.07) is 0. The van der Waals surface area contributed by atoms with Crippen LogP contribution in [0.2, 0.25) is 0 Å². The Kier molecular flexibility index (Phi) is 11.3. The smallest absolute Gasteiger partial charge is 0.313 e. The number of aliphatic hydroxyl groups excluding tert-OH is 8. The molecule has 0 amide bonds. The van der Waals surface area contributed by atoms with Crippen molar-refractivity contribution in [2.24, 2.45) is 50.2 Å². The Labute approximate surface area is 330 Å². The van der Waals surface area contributed by atoms with Crippen LogP contribution in [0.3, 0.4) is 0 Å². The molecule has 14 heteroatoms. The van der Waals surface area contributed by atoms with Gasteiger partial charge in [-0.2, -0.15) is 0 Å². The van der Waals surface area contributed by atoms with E-state index in [-0.39, 0.29) is 47.2 Å². The van der Waals surface area contributed by atoms with E-state index in [1.54, 1.807) is 6.92 Å². The molecule has 20 atom stereocenters. The SMILES string of the molecule is CC1OC(OCC2(C)C=C3C4CCC5C6(C)CCC(O)C(C)(COC7OC(CO)C(O)C(O)C7O)C6CCC5(C)C4(C)CCC3(C(=O)O)CC2)C(O)C(O)C1O. The van der Waals surface area contributed by atoms with Crippen molar-refractivity contribution in [1.29, 1.82) is 0 Å². The Balaban J connectivity index is 1.14. The van der Waals surface area contributed by atoms with E-state index in [4.69, 9.17) is 18.9 Å². The predicted octanol–water partition coefficient (Wildman–Crippen LogP) is 1.85. The fourth-order valence-corrected chi connectivity index (χ4v) is 13.6. The van der Waals surface area contributed by atoms with Crippen LogP contribution < -0.4 is 0 Å². The number of carboxylic acids is 1. The van der Waals surface area contributed by atoms with E-state index in [1.165, 1.54) is 0 Å². The maximum atomic E-state index is 13.3. The van der Waals surface area contributed by atoms with Gasteiger partial charge < -0.3 is 64.9 Å². The van der Waals surface area contributed by atoms with Crippen LogP contribution in [0, 0.1) is 50.2 Å². The molecule has 7 rings (SSSR count). The molecule has 20 unspecified atom stereocenters. The zero-order chi connectivity index (χ0) is 41.0. The molecule has 4 saturated carbocycles. The molecule has 56 heavy (non-hydrogen) atoms. The predicted molar refractivity (Wildman–Crippen MR) is 199 cm³/mol. The largest absolute Gasteiger partial charge is 0.481 e. The van der Waals surface area contributed by atoms with Crippen LogP contribution in [0.4, 0.5) is 0 Å². The van der Waals surface area contributed by atoms with Gasteiger partial charge >= 0.3 is 5.97 Å². The van der Waals surface area contributed by atoms with Crippen molar-refractivity contribution in [2.45, 2.75) is 173 Å². The van der Waals surface area contributed by atoms with E-state index >= 15 is 0 Å². The number of fused-ring (bicyclic) bond motifs is 7. The lowest BCUT2D eigenvalue weighted by molar-refractivity contribution is -0.316. The highest BCUT2D eigenvalue weighted by Gasteiger charge is 2.70. The summed E-state index contributed by atoms with van der Waals surface area (Å²) in [5.74, 6) is -0.432. The first kappa shape index (κ1) is 42.8. The van der Waals surface area contributed by atoms with Gasteiger partial charge in [0.2, 0.25) is 0 Å². The molecule has 2 heterocycles. The average molecular weight is 797 g/mol. The molecule has 0 aromatic carbocycles. The molecule has 0 radical (unpaired) electrons. The lowest BCUT2D eigenvalue weighted by Crippen LogP contribution is -2.67. The van der Waals surface area contributed by atoms with Crippen molar-refractivity contribution < 1.29 is 69.7 Å². The van der Waals surface area contributed by atoms with Crippen molar-refractivity contribution in [2.75, 3.05) is 19.8 Å². The molecule has 9 N–H and O–H groups in total. The third kappa shape index (κ3) is 6.29. The lowest BCUT2D eigenvalue weighted by Gasteiger charge is -2.72. The van der Waals surface area contributed by atoms with Crippen LogP contribution in [-0.4, -0.2) is 139 Å². The fraction of sp³-hybridized carbons (Fsp3) is 0.929. The highest BCUT2D eigenvalue weighted by Crippen LogP contribution is 2.76. The molecule has 320 valence electrons. The Hall–Kier alpha value is -1.27. The maximum absolute atomic E-state index is 13.3. The number of ether oxygens (including phenoxy) is 4. The van der Waals surface area contributed by atoms with Gasteiger partial charge in [0, 0.05) is 10.8 Å². The highest BCUT2D eigenvalue weighted by molar-refractivity contribution is 5.80. The Morgan fingerprint density at radius 2 is 1.32 bits per heavy atom. The quantitative estimate of drug-likeness (QED) is 0.160. The maximum Gasteiger partial charge on any atom is 0.313 e. The number of rotatable bonds is 8. The Morgan fingerprint density at radius 3 is 1.98 bits per heavy atom. The molecule has 7 aliphatic rings. The minimum absolute atomic E-state index is 0.0250. The minimum atomic E-state index is -1.56. The molecule has 5 aliphatic carbocycles. The van der Waals surface area contributed by atoms with Crippen molar-refractivity contribution >= 4 is 5.97 Å². The zero-order valence-electron chi connectivity index (χ0n) is 33.9. The molecular formula is C42H68O14. The highest BCUT2D eigenvalue weighted by atomic mass is 16.7. The van der Waals surface area contributed by atoms with Crippen molar-refractivity contribution in [3.63, 3.8) is 0 Å². The first-order valence-electron chi connectivity index (χ1n) is 21.0. The third-order valence-electron chi connectivity index (χ3n) is 17.5. The van der Waals surface area contributed by atoms with Crippen LogP contribution in [0.1, 0.15) is 106 Å². The van der Waals surface area contributed by atoms with E-state index in [9.17, 15) is 50.8 Å². The van der Waals surface area contributed by atoms with Gasteiger partial charge in [0.05, 0.1) is 37.4 Å². The summed E-state index contributed by atoms with van der Waals surface area (Å²) in [6.45, 7) is 12.5. The van der Waals surface area contributed by atoms with Crippen LogP contribution in [0.5, 0.6) is 0 Å². The van der Waals surface area contributed by atoms with Gasteiger partial charge in [-0.15, -0.1) is 0 Å². The summed E-state index contributed by atoms with van der Waals surface area (Å²) in [4.78, 5) is 13.3. The summed E-state index contributed by atoms with van der Waals surface area (Å²) < 4.78 is 23.7. The van der Waals surface area contributed by atoms with Gasteiger partial charge in [-0.05, 0) is 105 Å². The molecule has 0 bridgehead atoms. The Morgan fingerprint density at radius 1 is 0.696 bits per heavy atom. The summed E-state index contributed by atoms with van der Waals surface area (Å²) in [5, 5.41) is 94.9. The third-order valence-corrected chi connectivity index (χ3v) is 17.5. The second kappa shape index (κ2) is 14.7. The van der Waals surface area contributed by atoms with Gasteiger partial charge in [0.1, 0.15) is 42.7 Å². The van der Waals surface area contributed by atoms with Gasteiger partial charge in [0.25, 0.3) is 0 Å². The van der Waals surface area contributed by atoms with E-state index in [2.05, 4.69) is 33.8 Å². The van der Waals surface area contributed by atoms with Crippen molar-refractivity contribution in [3.05, 3.63) is 11.6 Å². The minimum Gasteiger partial charge on any atom is -0.481 e. The average Bonchev–Trinajstić information content (AvgIpc) is 3.15. The van der Waals surface area contributed by atoms with Crippen molar-refractivity contribution in [3.8, 4) is 0 Å². The standard InChI is InChI=1S/C42H68O14/c1-21-28(45)30(47)32(49)34(55-21)53-19-37(2)13-15-42(36(51)52)16-14-40(5)22(23(42)17-37)7-8-26-38(3)11-10-27(44)39(4,25(38)9-12-41(26,40)6)20-54-35-33(50)31(48)29(46)24(18-43)56-35/h17,21-22,24-35,43-50H,7-16,18-20H2,1-6H3,(H,51,52). The number of hydrogen-bond acceptors (Lipinski definition) is 13. The van der Waals surface area contributed by atoms with Gasteiger partial charge in [-0.1, -0.05) is 46.3 Å². The summed E-state index contributed by atoms with van der Waals surface area (Å²) in [6.07, 6.45) is -4.25. The molecule has 0 aromatic rings. The molecule has 2 aliphatic heterocycles. The molecular weight excluding hydrogens is 728 g/mol. The number of aliphatic hydroxyl groups is 8. The molecule has 6 fully saturated rings. The van der Waals surface area contributed by atoms with Crippen LogP contribution >= 0.6 is 0 Å². The van der Waals surface area contributed by atoms with Crippen LogP contribution in [0.25, 0.3) is 0 Å². The topological polar surface area (TPSA) is 236 Å². The molecule has 2 saturated heterocycles. The fourth-order valence-electron chi connectivity index (χ4n) is 13.6. The van der Waals surface area contributed by atoms with Crippen molar-refractivity contribution in [1.82, 2.24) is 0 Å². The first-order chi connectivity index (χ1) is 26.1.